The summed E-state index contributed by atoms with van der Waals surface area (Å²) >= 11 is 0. The number of alkyl halides is 3. The van der Waals surface area contributed by atoms with Crippen LogP contribution in [0.5, 0.6) is 0 Å². The van der Waals surface area contributed by atoms with Gasteiger partial charge < -0.3 is 4.90 Å². The summed E-state index contributed by atoms with van der Waals surface area (Å²) in [5.41, 5.74) is 0.0560. The molecule has 130 valence electrons. The van der Waals surface area contributed by atoms with Crippen LogP contribution >= 0.6 is 0 Å². The number of rotatable bonds is 3. The molecule has 0 spiro atoms. The number of halogens is 3. The molecule has 24 heavy (non-hydrogen) atoms. The first-order valence-corrected chi connectivity index (χ1v) is 8.20. The van der Waals surface area contributed by atoms with Crippen LogP contribution in [0.4, 0.5) is 13.2 Å². The molecule has 2 atom stereocenters. The summed E-state index contributed by atoms with van der Waals surface area (Å²) in [6, 6.07) is 5.74. The van der Waals surface area contributed by atoms with Crippen molar-refractivity contribution in [1.82, 2.24) is 9.80 Å². The zero-order chi connectivity index (χ0) is 17.3. The number of amides is 1. The molecule has 0 radical (unpaired) electrons. The van der Waals surface area contributed by atoms with E-state index in [0.29, 0.717) is 24.6 Å². The van der Waals surface area contributed by atoms with Crippen LogP contribution in [-0.2, 0) is 17.5 Å². The molecular formula is C18H21F3N2O. The van der Waals surface area contributed by atoms with Crippen LogP contribution < -0.4 is 0 Å². The first-order chi connectivity index (χ1) is 11.4. The van der Waals surface area contributed by atoms with E-state index in [-0.39, 0.29) is 11.9 Å². The number of carbonyl (C=O) groups excluding carboxylic acids is 1. The minimum Gasteiger partial charge on any atom is -0.338 e. The van der Waals surface area contributed by atoms with E-state index in [2.05, 4.69) is 11.5 Å². The van der Waals surface area contributed by atoms with Gasteiger partial charge in [0.1, 0.15) is 0 Å². The Kier molecular flexibility index (Phi) is 4.67. The van der Waals surface area contributed by atoms with Gasteiger partial charge in [-0.3, -0.25) is 9.69 Å². The third-order valence-electron chi connectivity index (χ3n) is 5.10. The van der Waals surface area contributed by atoms with Crippen LogP contribution in [-0.4, -0.2) is 41.4 Å². The molecule has 1 aromatic rings. The number of hydrogen-bond acceptors (Lipinski definition) is 2. The van der Waals surface area contributed by atoms with Gasteiger partial charge in [-0.15, -0.1) is 0 Å². The fourth-order valence-electron chi connectivity index (χ4n) is 3.83. The van der Waals surface area contributed by atoms with Crippen molar-refractivity contribution in [2.45, 2.75) is 31.6 Å². The van der Waals surface area contributed by atoms with Crippen LogP contribution in [0, 0.1) is 5.92 Å². The van der Waals surface area contributed by atoms with Gasteiger partial charge in [-0.05, 0) is 43.0 Å². The molecule has 2 aliphatic rings. The standard InChI is InChI=1S/C18H21F3N2O/c1-2-17(24)23-9-7-14-6-8-22(16(14)12-23)11-13-4-3-5-15(10-13)18(19,20)21/h2-5,10,14,16H,1,6-9,11-12H2. The highest BCUT2D eigenvalue weighted by Crippen LogP contribution is 2.34. The number of hydrogen-bond donors (Lipinski definition) is 0. The largest absolute Gasteiger partial charge is 0.416 e. The van der Waals surface area contributed by atoms with Gasteiger partial charge in [0.2, 0.25) is 5.91 Å². The maximum absolute atomic E-state index is 12.9. The predicted octanol–water partition coefficient (Wildman–Crippen LogP) is 3.31. The van der Waals surface area contributed by atoms with Crippen molar-refractivity contribution < 1.29 is 18.0 Å². The Hall–Kier alpha value is -1.82. The molecule has 0 N–H and O–H groups in total. The van der Waals surface area contributed by atoms with E-state index in [0.717, 1.165) is 32.0 Å². The number of carbonyl (C=O) groups is 1. The van der Waals surface area contributed by atoms with Crippen molar-refractivity contribution in [3.05, 3.63) is 48.0 Å². The normalized spacial score (nSPS) is 24.7. The van der Waals surface area contributed by atoms with Gasteiger partial charge in [-0.2, -0.15) is 13.2 Å². The molecule has 0 saturated carbocycles. The molecule has 3 rings (SSSR count). The highest BCUT2D eigenvalue weighted by Gasteiger charge is 2.39. The van der Waals surface area contributed by atoms with Crippen molar-refractivity contribution in [1.29, 1.82) is 0 Å². The summed E-state index contributed by atoms with van der Waals surface area (Å²) in [5, 5.41) is 0. The second-order valence-electron chi connectivity index (χ2n) is 6.56. The molecule has 1 aromatic carbocycles. The Labute approximate surface area is 139 Å². The Morgan fingerprint density at radius 2 is 2.04 bits per heavy atom. The Bertz CT molecular complexity index is 629. The van der Waals surface area contributed by atoms with Gasteiger partial charge in [0.15, 0.2) is 0 Å². The Balaban J connectivity index is 1.71. The van der Waals surface area contributed by atoms with Gasteiger partial charge >= 0.3 is 6.18 Å². The van der Waals surface area contributed by atoms with Crippen LogP contribution in [0.2, 0.25) is 0 Å². The second kappa shape index (κ2) is 6.59. The molecule has 2 aliphatic heterocycles. The molecule has 0 aliphatic carbocycles. The maximum atomic E-state index is 12.9. The van der Waals surface area contributed by atoms with Crippen molar-refractivity contribution in [2.75, 3.05) is 19.6 Å². The maximum Gasteiger partial charge on any atom is 0.416 e. The van der Waals surface area contributed by atoms with Gasteiger partial charge in [-0.25, -0.2) is 0 Å². The van der Waals surface area contributed by atoms with E-state index >= 15 is 0 Å². The third-order valence-corrected chi connectivity index (χ3v) is 5.10. The predicted molar refractivity (Wildman–Crippen MR) is 85.1 cm³/mol. The number of likely N-dealkylation sites (tertiary alicyclic amines) is 2. The molecule has 6 heteroatoms. The third kappa shape index (κ3) is 3.48. The lowest BCUT2D eigenvalue weighted by Crippen LogP contribution is -2.49. The molecule has 2 fully saturated rings. The number of fused-ring (bicyclic) bond motifs is 1. The van der Waals surface area contributed by atoms with Crippen LogP contribution in [0.3, 0.4) is 0 Å². The van der Waals surface area contributed by atoms with E-state index < -0.39 is 11.7 Å². The van der Waals surface area contributed by atoms with E-state index in [1.807, 2.05) is 0 Å². The fourth-order valence-corrected chi connectivity index (χ4v) is 3.83. The summed E-state index contributed by atoms with van der Waals surface area (Å²) in [6.45, 7) is 6.25. The monoisotopic (exact) mass is 338 g/mol. The van der Waals surface area contributed by atoms with Crippen molar-refractivity contribution >= 4 is 5.91 Å². The summed E-state index contributed by atoms with van der Waals surface area (Å²) in [4.78, 5) is 15.8. The average Bonchev–Trinajstić information content (AvgIpc) is 2.96. The molecule has 0 bridgehead atoms. The molecule has 3 nitrogen and oxygen atoms in total. The van der Waals surface area contributed by atoms with E-state index in [4.69, 9.17) is 0 Å². The van der Waals surface area contributed by atoms with Crippen molar-refractivity contribution in [3.63, 3.8) is 0 Å². The molecular weight excluding hydrogens is 317 g/mol. The molecule has 0 aromatic heterocycles. The van der Waals surface area contributed by atoms with Gasteiger partial charge in [-0.1, -0.05) is 24.8 Å². The highest BCUT2D eigenvalue weighted by atomic mass is 19.4. The second-order valence-corrected chi connectivity index (χ2v) is 6.56. The summed E-state index contributed by atoms with van der Waals surface area (Å²) in [7, 11) is 0. The quantitative estimate of drug-likeness (QED) is 0.790. The van der Waals surface area contributed by atoms with Crippen molar-refractivity contribution in [3.8, 4) is 0 Å². The van der Waals surface area contributed by atoms with Gasteiger partial charge in [0.25, 0.3) is 0 Å². The number of nitrogens with zero attached hydrogens (tertiary/aromatic N) is 2. The SMILES string of the molecule is C=CC(=O)N1CCC2CCN(Cc3cccc(C(F)(F)F)c3)C2C1. The Morgan fingerprint density at radius 3 is 2.75 bits per heavy atom. The molecule has 2 unspecified atom stereocenters. The summed E-state index contributed by atoms with van der Waals surface area (Å²) in [6.07, 6.45) is -1.00. The lowest BCUT2D eigenvalue weighted by Gasteiger charge is -2.38. The van der Waals surface area contributed by atoms with E-state index in [1.54, 1.807) is 11.0 Å². The smallest absolute Gasteiger partial charge is 0.338 e. The van der Waals surface area contributed by atoms with Crippen LogP contribution in [0.15, 0.2) is 36.9 Å². The van der Waals surface area contributed by atoms with Crippen LogP contribution in [0.1, 0.15) is 24.0 Å². The van der Waals surface area contributed by atoms with Gasteiger partial charge in [0.05, 0.1) is 5.56 Å². The van der Waals surface area contributed by atoms with E-state index in [1.165, 1.54) is 18.2 Å². The first-order valence-electron chi connectivity index (χ1n) is 8.20. The number of benzene rings is 1. The molecule has 1 amide bonds. The lowest BCUT2D eigenvalue weighted by molar-refractivity contribution is -0.137. The molecule has 2 heterocycles. The van der Waals surface area contributed by atoms with Gasteiger partial charge in [0, 0.05) is 25.7 Å². The average molecular weight is 338 g/mol. The molecule has 2 saturated heterocycles. The Morgan fingerprint density at radius 1 is 1.29 bits per heavy atom. The van der Waals surface area contributed by atoms with Crippen LogP contribution in [0.25, 0.3) is 0 Å². The fraction of sp³-hybridized carbons (Fsp3) is 0.500. The van der Waals surface area contributed by atoms with Crippen molar-refractivity contribution in [2.24, 2.45) is 5.92 Å². The summed E-state index contributed by atoms with van der Waals surface area (Å²) < 4.78 is 38.6. The zero-order valence-electron chi connectivity index (χ0n) is 13.4. The summed E-state index contributed by atoms with van der Waals surface area (Å²) in [5.74, 6) is 0.448. The highest BCUT2D eigenvalue weighted by molar-refractivity contribution is 5.87. The lowest BCUT2D eigenvalue weighted by atomic mass is 9.92. The minimum atomic E-state index is -4.32. The zero-order valence-corrected chi connectivity index (χ0v) is 13.4. The first kappa shape index (κ1) is 17.0. The van der Waals surface area contributed by atoms with E-state index in [9.17, 15) is 18.0 Å². The minimum absolute atomic E-state index is 0.0700. The topological polar surface area (TPSA) is 23.6 Å². The number of piperidine rings is 1.